The smallest absolute Gasteiger partial charge is 0.408 e. The summed E-state index contributed by atoms with van der Waals surface area (Å²) in [6, 6.07) is 18.8. The Hall–Kier alpha value is -6.86. The van der Waals surface area contributed by atoms with Crippen LogP contribution in [-0.2, 0) is 49.6 Å². The SMILES string of the molecule is CC(C)C[C@H](NC(=O)OCc1ccccc1)C(=O)N[C@H](C#N)C[C@@H]1CCCNC1=O.CC(C)C[C@H](NS(=O)(=O)c1cccc2c1OCCO2)C(=O)N[C@H](C#N)C[C@@H]1CCCNC1=O.O=S(=O)(Cl)c1cccc2c1OCCO2. The lowest BCUT2D eigenvalue weighted by molar-refractivity contribution is -0.128. The second kappa shape index (κ2) is 29.6. The van der Waals surface area contributed by atoms with Gasteiger partial charge in [-0.15, -0.1) is 0 Å². The van der Waals surface area contributed by atoms with E-state index >= 15 is 0 Å². The molecule has 6 atom stereocenters. The Balaban J connectivity index is 0.000000229. The molecule has 0 aromatic heterocycles. The van der Waals surface area contributed by atoms with Crippen LogP contribution in [0.15, 0.2) is 76.5 Å². The average Bonchev–Trinajstić information content (AvgIpc) is 3.40. The van der Waals surface area contributed by atoms with Crippen molar-refractivity contribution in [1.82, 2.24) is 31.3 Å². The minimum atomic E-state index is -4.13. The highest BCUT2D eigenvalue weighted by Gasteiger charge is 2.34. The molecule has 0 bridgehead atoms. The maximum absolute atomic E-state index is 13.2. The number of para-hydroxylation sites is 2. The van der Waals surface area contributed by atoms with E-state index in [1.165, 1.54) is 12.1 Å². The van der Waals surface area contributed by atoms with Crippen molar-refractivity contribution in [2.45, 2.75) is 120 Å². The number of alkyl carbamates (subject to hydrolysis) is 1. The van der Waals surface area contributed by atoms with E-state index in [-0.39, 0.29) is 89.3 Å². The van der Waals surface area contributed by atoms with Crippen molar-refractivity contribution in [3.63, 3.8) is 0 Å². The number of halogens is 1. The first-order valence-electron chi connectivity index (χ1n) is 25.4. The first kappa shape index (κ1) is 61.0. The van der Waals surface area contributed by atoms with Crippen molar-refractivity contribution in [3.05, 3.63) is 72.3 Å². The van der Waals surface area contributed by atoms with Gasteiger partial charge in [-0.25, -0.2) is 21.6 Å². The van der Waals surface area contributed by atoms with Crippen LogP contribution < -0.4 is 50.3 Å². The number of nitrogens with one attached hydrogen (secondary N) is 6. The van der Waals surface area contributed by atoms with E-state index < -0.39 is 61.1 Å². The quantitative estimate of drug-likeness (QED) is 0.0885. The van der Waals surface area contributed by atoms with E-state index in [0.717, 1.165) is 18.4 Å². The molecule has 3 aromatic rings. The number of nitriles is 2. The van der Waals surface area contributed by atoms with Gasteiger partial charge in [0.2, 0.25) is 33.7 Å². The van der Waals surface area contributed by atoms with Gasteiger partial charge in [-0.2, -0.15) is 15.2 Å². The van der Waals surface area contributed by atoms with E-state index in [1.54, 1.807) is 24.3 Å². The minimum absolute atomic E-state index is 0.00243. The number of rotatable bonds is 19. The molecule has 0 saturated carbocycles. The number of nitrogens with zero attached hydrogens (tertiary/aromatic N) is 2. The molecule has 0 radical (unpaired) electrons. The number of carbonyl (C=O) groups excluding carboxylic acids is 5. The maximum atomic E-state index is 13.2. The van der Waals surface area contributed by atoms with E-state index in [1.807, 2.05) is 64.1 Å². The van der Waals surface area contributed by atoms with E-state index in [0.29, 0.717) is 63.7 Å². The zero-order chi connectivity index (χ0) is 56.1. The summed E-state index contributed by atoms with van der Waals surface area (Å²) in [5.74, 6) is -0.761. The molecular formula is C52H67ClN8O14S2. The van der Waals surface area contributed by atoms with Crippen molar-refractivity contribution < 1.29 is 64.5 Å². The summed E-state index contributed by atoms with van der Waals surface area (Å²) in [6.45, 7) is 10.2. The van der Waals surface area contributed by atoms with Gasteiger partial charge in [0, 0.05) is 35.6 Å². The first-order valence-corrected chi connectivity index (χ1v) is 29.1. The van der Waals surface area contributed by atoms with Crippen LogP contribution in [0.3, 0.4) is 0 Å². The molecule has 7 rings (SSSR count). The number of piperidine rings is 2. The number of benzene rings is 3. The van der Waals surface area contributed by atoms with Crippen LogP contribution in [0.1, 0.15) is 84.6 Å². The Morgan fingerprint density at radius 2 is 1.13 bits per heavy atom. The molecule has 0 spiro atoms. The zero-order valence-corrected chi connectivity index (χ0v) is 45.8. The molecule has 5 amide bonds. The third kappa shape index (κ3) is 19.3. The van der Waals surface area contributed by atoms with E-state index in [9.17, 15) is 51.3 Å². The molecule has 4 heterocycles. The lowest BCUT2D eigenvalue weighted by Crippen LogP contribution is -2.51. The average molecular weight is 1130 g/mol. The van der Waals surface area contributed by atoms with Crippen molar-refractivity contribution in [2.75, 3.05) is 39.5 Å². The van der Waals surface area contributed by atoms with Gasteiger partial charge in [-0.3, -0.25) is 19.2 Å². The summed E-state index contributed by atoms with van der Waals surface area (Å²) in [5, 5.41) is 32.4. The van der Waals surface area contributed by atoms with Crippen molar-refractivity contribution in [1.29, 1.82) is 10.5 Å². The van der Waals surface area contributed by atoms with Crippen molar-refractivity contribution in [3.8, 4) is 35.1 Å². The molecule has 77 heavy (non-hydrogen) atoms. The maximum Gasteiger partial charge on any atom is 0.408 e. The van der Waals surface area contributed by atoms with Gasteiger partial charge in [0.05, 0.1) is 12.1 Å². The summed E-state index contributed by atoms with van der Waals surface area (Å²) in [6.07, 6.45) is 3.35. The molecule has 22 nitrogen and oxygen atoms in total. The van der Waals surface area contributed by atoms with Gasteiger partial charge in [-0.1, -0.05) is 70.2 Å². The van der Waals surface area contributed by atoms with Crippen LogP contribution in [0.5, 0.6) is 23.0 Å². The van der Waals surface area contributed by atoms with Gasteiger partial charge >= 0.3 is 6.09 Å². The predicted octanol–water partition coefficient (Wildman–Crippen LogP) is 4.71. The monoisotopic (exact) mass is 1130 g/mol. The van der Waals surface area contributed by atoms with Crippen LogP contribution >= 0.6 is 10.7 Å². The summed E-state index contributed by atoms with van der Waals surface area (Å²) < 4.78 is 77.7. The third-order valence-corrected chi connectivity index (χ3v) is 15.1. The molecular weight excluding hydrogens is 1060 g/mol. The minimum Gasteiger partial charge on any atom is -0.486 e. The highest BCUT2D eigenvalue weighted by atomic mass is 35.7. The Kier molecular flexibility index (Phi) is 23.4. The Morgan fingerprint density at radius 3 is 1.61 bits per heavy atom. The van der Waals surface area contributed by atoms with Crippen molar-refractivity contribution >= 4 is 59.5 Å². The van der Waals surface area contributed by atoms with Crippen LogP contribution in [-0.4, -0.2) is 110 Å². The molecule has 0 unspecified atom stereocenters. The molecule has 4 aliphatic heterocycles. The number of fused-ring (bicyclic) bond motifs is 2. The van der Waals surface area contributed by atoms with Gasteiger partial charge in [-0.05, 0) is 93.0 Å². The predicted molar refractivity (Wildman–Crippen MR) is 280 cm³/mol. The second-order valence-corrected chi connectivity index (χ2v) is 23.5. The summed E-state index contributed by atoms with van der Waals surface area (Å²) in [4.78, 5) is 61.8. The number of hydrogen-bond donors (Lipinski definition) is 6. The first-order chi connectivity index (χ1) is 36.7. The molecule has 4 aliphatic rings. The fraction of sp³-hybridized carbons (Fsp3) is 0.519. The standard InChI is InChI=1S/C22H30N4O6S.C22H30N4O4.C8H7ClO4S/c1-14(2)11-17(22(28)25-16(13-23)12-15-5-4-8-24-21(15)27)26-33(29,30)19-7-3-6-18-20(19)32-10-9-31-18;1-15(2)11-19(26-22(29)30-14-16-7-4-3-5-8-16)21(28)25-18(13-23)12-17-9-6-10-24-20(17)27;9-14(10,11)7-3-1-2-6-8(7)13-5-4-12-6/h3,6-7,14-17,26H,4-5,8-12H2,1-2H3,(H,24,27)(H,25,28);3-5,7-8,15,17-19H,6,9-12,14H2,1-2H3,(H,24,27)(H,25,28)(H,26,29);1-3H,4-5H2/t15-,16-,17-;17-,18-,19-;/m00./s1. The number of sulfonamides is 1. The molecule has 2 fully saturated rings. The second-order valence-electron chi connectivity index (χ2n) is 19.3. The molecule has 0 aliphatic carbocycles. The fourth-order valence-electron chi connectivity index (χ4n) is 8.56. The van der Waals surface area contributed by atoms with Gasteiger partial charge in [0.1, 0.15) is 67.0 Å². The van der Waals surface area contributed by atoms with Gasteiger partial charge < -0.3 is 50.3 Å². The molecule has 6 N–H and O–H groups in total. The Bertz CT molecular complexity index is 2830. The third-order valence-electron chi connectivity index (χ3n) is 12.2. The van der Waals surface area contributed by atoms with Crippen LogP contribution in [0.25, 0.3) is 0 Å². The fourth-order valence-corrected chi connectivity index (χ4v) is 10.9. The van der Waals surface area contributed by atoms with Crippen LogP contribution in [0, 0.1) is 46.3 Å². The van der Waals surface area contributed by atoms with E-state index in [4.69, 9.17) is 34.4 Å². The highest BCUT2D eigenvalue weighted by molar-refractivity contribution is 8.13. The summed E-state index contributed by atoms with van der Waals surface area (Å²) >= 11 is 0. The Morgan fingerprint density at radius 1 is 0.662 bits per heavy atom. The molecule has 25 heteroatoms. The number of amides is 5. The van der Waals surface area contributed by atoms with Gasteiger partial charge in [0.15, 0.2) is 23.0 Å². The molecule has 2 saturated heterocycles. The normalized spacial score (nSPS) is 18.2. The van der Waals surface area contributed by atoms with Gasteiger partial charge in [0.25, 0.3) is 9.05 Å². The Labute approximate surface area is 454 Å². The number of carbonyl (C=O) groups is 5. The lowest BCUT2D eigenvalue weighted by atomic mass is 9.91. The van der Waals surface area contributed by atoms with Crippen molar-refractivity contribution in [2.24, 2.45) is 23.7 Å². The number of hydrogen-bond acceptors (Lipinski definition) is 16. The molecule has 418 valence electrons. The number of ether oxygens (including phenoxy) is 5. The molecule has 3 aromatic carbocycles. The van der Waals surface area contributed by atoms with E-state index in [2.05, 4.69) is 37.4 Å². The zero-order valence-electron chi connectivity index (χ0n) is 43.4. The topological polar surface area (TPSA) is 320 Å². The largest absolute Gasteiger partial charge is 0.486 e. The summed E-state index contributed by atoms with van der Waals surface area (Å²) in [7, 11) is -2.68. The van der Waals surface area contributed by atoms with Crippen LogP contribution in [0.2, 0.25) is 0 Å². The summed E-state index contributed by atoms with van der Waals surface area (Å²) in [5.41, 5.74) is 0.841. The lowest BCUT2D eigenvalue weighted by Gasteiger charge is -2.26. The highest BCUT2D eigenvalue weighted by Crippen LogP contribution is 2.38. The van der Waals surface area contributed by atoms with Crippen LogP contribution in [0.4, 0.5) is 4.79 Å².